The number of unbranched alkanes of at least 4 members (excludes halogenated alkanes) is 3. The summed E-state index contributed by atoms with van der Waals surface area (Å²) in [5.74, 6) is -0.115. The van der Waals surface area contributed by atoms with Crippen molar-refractivity contribution in [3.63, 3.8) is 0 Å². The van der Waals surface area contributed by atoms with Crippen LogP contribution in [0.4, 0.5) is 0 Å². The summed E-state index contributed by atoms with van der Waals surface area (Å²) >= 11 is 0. The van der Waals surface area contributed by atoms with Crippen LogP contribution >= 0.6 is 0 Å². The second kappa shape index (κ2) is 32.1. The van der Waals surface area contributed by atoms with E-state index in [9.17, 15) is 57.5 Å². The molecule has 9 unspecified atom stereocenters. The maximum atomic E-state index is 13.6. The number of ether oxygens (including phenoxy) is 4. The SMILES string of the molecule is CC(C)COC(=O)[C@@H]1CC2=CC(=O)CCC2(C)C2=C1C1=CC[C@@]3(C)CCC(=O)C13CC2.CC12C=CC(=O)C=C1C[C@@H](C(=O)OC1CCCC1)C1=C2CCC23C(=O)CC[C@]2(C)CC=C13.CCC(C)OC(=O)[C@@H]1CC2=CC(=O)CCC2(C)C2=C1C1=CC[C@@]3(C)CCC(=O)C13CC2.CCCCCCOC(=O)[C@@H]1CC2=CC(=O)CCC2(C)C2=C1C1=CC[C@@]3(C)CCC(=O)C13CC2. The standard InChI is InChI=1S/C29H38O4.C28H32O4.2C27H34O4/c1-4-5-6-7-16-33-26(32)21-18-19-17-20(30)8-14-28(19,3)22-10-15-29-23(25(21)22)9-12-27(29,2)13-11-24(29)31;1-26-11-8-22-24-20(25(31)32-19-5-3-4-6-19)16-17-15-18(29)7-13-27(17,2)21(24)9-14-28(22,26)23(30)10-12-26;1-16(2)15-31-24(30)19-14-17-13-18(28)5-11-26(17,4)20-7-12-27-21(23(19)20)6-9-25(27,3)10-8-22(27)29;1-5-16(2)31-24(30)19-15-17-14-18(28)6-12-26(17,4)20-8-13-27-21(23(19)20)7-10-25(27,3)11-9-22(27)29/h9,17,21H,4-8,10-16,18H2,1-3H3;7-8,13,15,19-20H,3-6,9-12,14,16H2,1-2H3;6,13,16,19H,5,7-12,14-15H2,1-4H3;7,14,16,19H,5-6,8-13,15H2,1-4H3/t21-,27+,28?,29?;20-,26+,27?,28?;19-,25+,26?,27?;16?,19-,25+,26?,27?/m1111/s1. The van der Waals surface area contributed by atoms with Crippen LogP contribution in [0.1, 0.15) is 340 Å². The molecule has 5 fully saturated rings. The van der Waals surface area contributed by atoms with Crippen molar-refractivity contribution >= 4 is 70.1 Å². The Hall–Kier alpha value is -8.14. The highest BCUT2D eigenvalue weighted by Crippen LogP contribution is 2.76. The molecule has 0 radical (unpaired) electrons. The van der Waals surface area contributed by atoms with Crippen molar-refractivity contribution in [2.24, 2.45) is 94.6 Å². The summed E-state index contributed by atoms with van der Waals surface area (Å²) in [4.78, 5) is 157. The van der Waals surface area contributed by atoms with Gasteiger partial charge < -0.3 is 18.9 Å². The molecular weight excluding hydrogens is 1590 g/mol. The molecule has 0 aromatic carbocycles. The fraction of sp³-hybridized carbons (Fsp3) is 0.658. The smallest absolute Gasteiger partial charge is 0.314 e. The monoisotopic (exact) mass is 1730 g/mol. The third kappa shape index (κ3) is 13.3. The second-order valence-electron chi connectivity index (χ2n) is 45.2. The largest absolute Gasteiger partial charge is 0.465 e. The van der Waals surface area contributed by atoms with E-state index in [2.05, 4.69) is 86.6 Å². The molecule has 678 valence electrons. The molecular formula is C111H138O16. The minimum Gasteiger partial charge on any atom is -0.465 e. The van der Waals surface area contributed by atoms with Gasteiger partial charge in [0, 0.05) is 66.6 Å². The summed E-state index contributed by atoms with van der Waals surface area (Å²) in [5.41, 5.74) is 15.7. The minimum absolute atomic E-state index is 0.00431. The van der Waals surface area contributed by atoms with E-state index in [1.54, 1.807) is 24.3 Å². The van der Waals surface area contributed by atoms with Crippen molar-refractivity contribution in [2.45, 2.75) is 353 Å². The predicted molar refractivity (Wildman–Crippen MR) is 484 cm³/mol. The van der Waals surface area contributed by atoms with E-state index < -0.39 is 45.3 Å². The second-order valence-corrected chi connectivity index (χ2v) is 45.2. The number of carbonyl (C=O) groups is 12. The number of carbonyl (C=O) groups excluding carboxylic acids is 12. The summed E-state index contributed by atoms with van der Waals surface area (Å²) in [7, 11) is 0. The van der Waals surface area contributed by atoms with E-state index in [0.29, 0.717) is 107 Å². The van der Waals surface area contributed by atoms with Crippen LogP contribution < -0.4 is 0 Å². The number of ketones is 8. The molecule has 17 atom stereocenters. The Morgan fingerprint density at radius 1 is 0.394 bits per heavy atom. The Balaban J connectivity index is 0.000000115. The van der Waals surface area contributed by atoms with Crippen LogP contribution in [0.25, 0.3) is 0 Å². The van der Waals surface area contributed by atoms with Crippen molar-refractivity contribution in [3.8, 4) is 0 Å². The summed E-state index contributed by atoms with van der Waals surface area (Å²) in [5, 5.41) is 0. The Bertz CT molecular complexity index is 5310. The summed E-state index contributed by atoms with van der Waals surface area (Å²) < 4.78 is 23.4. The third-order valence-corrected chi connectivity index (χ3v) is 38.4. The molecule has 21 rings (SSSR count). The van der Waals surface area contributed by atoms with E-state index in [4.69, 9.17) is 18.9 Å². The summed E-state index contributed by atoms with van der Waals surface area (Å²) in [6.45, 7) is 29.1. The average Bonchev–Trinajstić information content (AvgIpc) is 1.55. The first-order valence-corrected chi connectivity index (χ1v) is 49.7. The lowest BCUT2D eigenvalue weighted by molar-refractivity contribution is -0.153. The Kier molecular flexibility index (Phi) is 22.6. The van der Waals surface area contributed by atoms with E-state index >= 15 is 0 Å². The van der Waals surface area contributed by atoms with Crippen LogP contribution in [0.5, 0.6) is 0 Å². The lowest BCUT2D eigenvalue weighted by Gasteiger charge is -2.52. The number of esters is 4. The van der Waals surface area contributed by atoms with Crippen LogP contribution in [0.3, 0.4) is 0 Å². The van der Waals surface area contributed by atoms with Gasteiger partial charge in [0.1, 0.15) is 29.2 Å². The molecule has 0 amide bonds. The fourth-order valence-corrected chi connectivity index (χ4v) is 30.5. The molecule has 0 aromatic heterocycles. The van der Waals surface area contributed by atoms with Crippen molar-refractivity contribution in [3.05, 3.63) is 150 Å². The van der Waals surface area contributed by atoms with Gasteiger partial charge in [0.2, 0.25) is 0 Å². The van der Waals surface area contributed by atoms with Crippen molar-refractivity contribution in [2.75, 3.05) is 13.2 Å². The normalized spacial score (nSPS) is 39.1. The maximum Gasteiger partial charge on any atom is 0.314 e. The van der Waals surface area contributed by atoms with E-state index in [1.165, 1.54) is 22.3 Å². The number of hydrogen-bond donors (Lipinski definition) is 0. The van der Waals surface area contributed by atoms with Gasteiger partial charge in [-0.3, -0.25) is 57.5 Å². The molecule has 0 aromatic rings. The molecule has 21 aliphatic rings. The van der Waals surface area contributed by atoms with Crippen molar-refractivity contribution in [1.82, 2.24) is 0 Å². The van der Waals surface area contributed by atoms with Gasteiger partial charge in [-0.15, -0.1) is 0 Å². The fourth-order valence-electron chi connectivity index (χ4n) is 30.5. The number of Topliss-reactive ketones (excluding diaryl/α,β-unsaturated/α-hetero) is 4. The highest BCUT2D eigenvalue weighted by molar-refractivity contribution is 6.04. The zero-order valence-electron chi connectivity index (χ0n) is 78.3. The average molecular weight is 1730 g/mol. The molecule has 127 heavy (non-hydrogen) atoms. The predicted octanol–water partition coefficient (Wildman–Crippen LogP) is 22.2. The first kappa shape index (κ1) is 89.5. The molecule has 16 nitrogen and oxygen atoms in total. The zero-order valence-corrected chi connectivity index (χ0v) is 78.3. The Morgan fingerprint density at radius 2 is 0.756 bits per heavy atom. The van der Waals surface area contributed by atoms with Gasteiger partial charge in [-0.2, -0.15) is 0 Å². The van der Waals surface area contributed by atoms with E-state index in [1.807, 2.05) is 39.8 Å². The molecule has 21 aliphatic carbocycles. The first-order valence-electron chi connectivity index (χ1n) is 49.7. The number of allylic oxidation sites excluding steroid dienone is 22. The summed E-state index contributed by atoms with van der Waals surface area (Å²) in [6.07, 6.45) is 51.9. The quantitative estimate of drug-likeness (QED) is 0.0892. The van der Waals surface area contributed by atoms with Gasteiger partial charge in [-0.05, 0) is 303 Å². The first-order chi connectivity index (χ1) is 60.3. The van der Waals surface area contributed by atoms with Crippen LogP contribution in [-0.4, -0.2) is 95.6 Å². The Morgan fingerprint density at radius 3 is 1.14 bits per heavy atom. The van der Waals surface area contributed by atoms with Crippen LogP contribution in [0.2, 0.25) is 0 Å². The van der Waals surface area contributed by atoms with Crippen LogP contribution in [0.15, 0.2) is 150 Å². The van der Waals surface area contributed by atoms with Crippen LogP contribution in [-0.2, 0) is 76.5 Å². The highest BCUT2D eigenvalue weighted by Gasteiger charge is 2.71. The molecule has 5 saturated carbocycles. The van der Waals surface area contributed by atoms with E-state index in [0.717, 1.165) is 247 Å². The lowest BCUT2D eigenvalue weighted by Crippen LogP contribution is -2.47. The molecule has 0 bridgehead atoms. The van der Waals surface area contributed by atoms with Gasteiger partial charge >= 0.3 is 23.9 Å². The molecule has 0 aliphatic heterocycles. The molecule has 0 saturated heterocycles. The van der Waals surface area contributed by atoms with Gasteiger partial charge in [-0.25, -0.2) is 0 Å². The van der Waals surface area contributed by atoms with Crippen molar-refractivity contribution < 1.29 is 76.5 Å². The zero-order chi connectivity index (χ0) is 90.1. The van der Waals surface area contributed by atoms with Crippen LogP contribution in [0, 0.1) is 94.6 Å². The number of rotatable bonds is 14. The molecule has 4 spiro atoms. The Labute approximate surface area is 752 Å². The van der Waals surface area contributed by atoms with Gasteiger partial charge in [-0.1, -0.05) is 170 Å². The van der Waals surface area contributed by atoms with Gasteiger partial charge in [0.15, 0.2) is 23.1 Å². The molecule has 16 heteroatoms. The van der Waals surface area contributed by atoms with E-state index in [-0.39, 0.29) is 108 Å². The van der Waals surface area contributed by atoms with Crippen molar-refractivity contribution in [1.29, 1.82) is 0 Å². The molecule has 0 N–H and O–H groups in total. The topological polar surface area (TPSA) is 242 Å². The summed E-state index contributed by atoms with van der Waals surface area (Å²) in [6, 6.07) is 0. The lowest BCUT2D eigenvalue weighted by atomic mass is 9.50. The highest BCUT2D eigenvalue weighted by atomic mass is 16.6. The maximum absolute atomic E-state index is 13.6. The minimum atomic E-state index is -0.441. The van der Waals surface area contributed by atoms with Gasteiger partial charge in [0.05, 0.1) is 64.6 Å². The third-order valence-electron chi connectivity index (χ3n) is 38.4. The van der Waals surface area contributed by atoms with Gasteiger partial charge in [0.25, 0.3) is 0 Å². The number of hydrogen-bond acceptors (Lipinski definition) is 16. The number of fused-ring (bicyclic) bond motifs is 12. The molecule has 0 heterocycles.